The molecule has 1 aromatic heterocycles. The third-order valence-corrected chi connectivity index (χ3v) is 7.03. The van der Waals surface area contributed by atoms with Crippen LogP contribution in [0.15, 0.2) is 56.6 Å². The quantitative estimate of drug-likeness (QED) is 0.440. The van der Waals surface area contributed by atoms with E-state index in [0.717, 1.165) is 18.4 Å². The molecule has 0 aliphatic carbocycles. The highest BCUT2D eigenvalue weighted by molar-refractivity contribution is 7.89. The Morgan fingerprint density at radius 3 is 2.50 bits per heavy atom. The minimum atomic E-state index is -3.61. The summed E-state index contributed by atoms with van der Waals surface area (Å²) < 4.78 is 38.7. The van der Waals surface area contributed by atoms with Gasteiger partial charge in [-0.15, -0.1) is 0 Å². The van der Waals surface area contributed by atoms with Crippen molar-refractivity contribution in [1.29, 1.82) is 0 Å². The molecule has 1 saturated heterocycles. The van der Waals surface area contributed by atoms with Crippen LogP contribution in [0.25, 0.3) is 11.1 Å². The average molecular weight is 430 g/mol. The molecule has 158 valence electrons. The fraction of sp³-hybridized carbons (Fsp3) is 0.333. The van der Waals surface area contributed by atoms with E-state index in [-0.39, 0.29) is 23.4 Å². The van der Waals surface area contributed by atoms with Crippen molar-refractivity contribution in [3.63, 3.8) is 0 Å². The van der Waals surface area contributed by atoms with E-state index < -0.39 is 21.7 Å². The lowest BCUT2D eigenvalue weighted by molar-refractivity contribution is -0.134. The Kier molecular flexibility index (Phi) is 5.48. The summed E-state index contributed by atoms with van der Waals surface area (Å²) in [6.07, 6.45) is 1.65. The first-order chi connectivity index (χ1) is 14.3. The number of nitrogens with zero attached hydrogens (tertiary/aromatic N) is 2. The molecule has 0 unspecified atom stereocenters. The molecule has 0 bridgehead atoms. The van der Waals surface area contributed by atoms with E-state index in [9.17, 15) is 18.0 Å². The predicted molar refractivity (Wildman–Crippen MR) is 110 cm³/mol. The highest BCUT2D eigenvalue weighted by Gasteiger charge is 2.28. The van der Waals surface area contributed by atoms with Crippen LogP contribution in [-0.4, -0.2) is 36.3 Å². The third-order valence-electron chi connectivity index (χ3n) is 5.13. The number of ether oxygens (including phenoxy) is 1. The summed E-state index contributed by atoms with van der Waals surface area (Å²) >= 11 is 0. The van der Waals surface area contributed by atoms with Gasteiger partial charge in [-0.05, 0) is 44.0 Å². The minimum absolute atomic E-state index is 0.0315. The molecule has 1 aliphatic heterocycles. The Labute approximate surface area is 173 Å². The number of hydrogen-bond donors (Lipinski definition) is 0. The molecule has 0 amide bonds. The Hall–Kier alpha value is -2.91. The van der Waals surface area contributed by atoms with Gasteiger partial charge < -0.3 is 9.15 Å². The van der Waals surface area contributed by atoms with Gasteiger partial charge in [-0.25, -0.2) is 13.2 Å². The Balaban J connectivity index is 1.51. The van der Waals surface area contributed by atoms with Crippen molar-refractivity contribution in [2.45, 2.75) is 37.6 Å². The van der Waals surface area contributed by atoms with E-state index in [0.29, 0.717) is 24.4 Å². The van der Waals surface area contributed by atoms with E-state index in [4.69, 9.17) is 9.15 Å². The molecule has 0 saturated carbocycles. The zero-order valence-electron chi connectivity index (χ0n) is 16.5. The van der Waals surface area contributed by atoms with Crippen LogP contribution in [-0.2, 0) is 21.4 Å². The molecule has 0 spiro atoms. The van der Waals surface area contributed by atoms with Crippen LogP contribution in [0.2, 0.25) is 0 Å². The van der Waals surface area contributed by atoms with Crippen molar-refractivity contribution in [3.05, 3.63) is 58.6 Å². The number of carbonyl (C=O) groups is 1. The first-order valence-corrected chi connectivity index (χ1v) is 11.2. The van der Waals surface area contributed by atoms with Gasteiger partial charge in [0.2, 0.25) is 10.0 Å². The van der Waals surface area contributed by atoms with Crippen molar-refractivity contribution in [2.24, 2.45) is 0 Å². The molecule has 0 atom stereocenters. The van der Waals surface area contributed by atoms with Gasteiger partial charge in [0.15, 0.2) is 5.58 Å². The van der Waals surface area contributed by atoms with Crippen LogP contribution in [0, 0.1) is 6.92 Å². The van der Waals surface area contributed by atoms with Crippen molar-refractivity contribution in [3.8, 4) is 5.75 Å². The molecule has 2 aromatic carbocycles. The number of carbonyl (C=O) groups excluding carboxylic acids is 1. The van der Waals surface area contributed by atoms with Gasteiger partial charge in [0.05, 0.1) is 16.8 Å². The summed E-state index contributed by atoms with van der Waals surface area (Å²) in [5, 5.41) is 0. The summed E-state index contributed by atoms with van der Waals surface area (Å²) in [6, 6.07) is 11.4. The molecule has 1 fully saturated rings. The number of sulfonamides is 1. The fourth-order valence-corrected chi connectivity index (χ4v) is 5.02. The molecule has 30 heavy (non-hydrogen) atoms. The summed E-state index contributed by atoms with van der Waals surface area (Å²) in [5.74, 6) is -0.691. The predicted octanol–water partition coefficient (Wildman–Crippen LogP) is 2.68. The van der Waals surface area contributed by atoms with Gasteiger partial charge >= 0.3 is 11.7 Å². The summed E-state index contributed by atoms with van der Waals surface area (Å²) in [7, 11) is -3.61. The van der Waals surface area contributed by atoms with Crippen LogP contribution < -0.4 is 10.5 Å². The lowest BCUT2D eigenvalue weighted by Crippen LogP contribution is -2.27. The Morgan fingerprint density at radius 1 is 1.10 bits per heavy atom. The number of esters is 1. The van der Waals surface area contributed by atoms with E-state index in [2.05, 4.69) is 0 Å². The summed E-state index contributed by atoms with van der Waals surface area (Å²) in [6.45, 7) is 2.99. The maximum Gasteiger partial charge on any atom is 0.419 e. The lowest BCUT2D eigenvalue weighted by Gasteiger charge is -2.15. The number of fused-ring (bicyclic) bond motifs is 1. The highest BCUT2D eigenvalue weighted by Crippen LogP contribution is 2.24. The second kappa shape index (κ2) is 8.08. The molecule has 8 nitrogen and oxygen atoms in total. The number of rotatable bonds is 6. The van der Waals surface area contributed by atoms with Crippen molar-refractivity contribution < 1.29 is 22.4 Å². The second-order valence-corrected chi connectivity index (χ2v) is 9.24. The van der Waals surface area contributed by atoms with E-state index in [1.165, 1.54) is 27.1 Å². The second-order valence-electron chi connectivity index (χ2n) is 7.30. The number of aryl methyl sites for hydroxylation is 2. The monoisotopic (exact) mass is 430 g/mol. The van der Waals surface area contributed by atoms with E-state index in [1.54, 1.807) is 12.1 Å². The first-order valence-electron chi connectivity index (χ1n) is 9.75. The number of aromatic nitrogens is 1. The molecular weight excluding hydrogens is 408 g/mol. The van der Waals surface area contributed by atoms with Crippen molar-refractivity contribution in [2.75, 3.05) is 13.1 Å². The number of oxazole rings is 1. The first kappa shape index (κ1) is 20.4. The molecule has 0 radical (unpaired) electrons. The van der Waals surface area contributed by atoms with Gasteiger partial charge in [0.1, 0.15) is 5.75 Å². The molecule has 1 aliphatic rings. The Morgan fingerprint density at radius 2 is 1.80 bits per heavy atom. The zero-order chi connectivity index (χ0) is 21.3. The van der Waals surface area contributed by atoms with Crippen molar-refractivity contribution >= 4 is 27.1 Å². The summed E-state index contributed by atoms with van der Waals surface area (Å²) in [5.41, 5.74) is 1.66. The van der Waals surface area contributed by atoms with Crippen molar-refractivity contribution in [1.82, 2.24) is 8.87 Å². The van der Waals surface area contributed by atoms with E-state index in [1.807, 2.05) is 19.1 Å². The van der Waals surface area contributed by atoms with Crippen LogP contribution in [0.4, 0.5) is 0 Å². The molecular formula is C21H22N2O6S. The number of hydrogen-bond acceptors (Lipinski definition) is 6. The maximum atomic E-state index is 12.7. The largest absolute Gasteiger partial charge is 0.426 e. The highest BCUT2D eigenvalue weighted by atomic mass is 32.2. The average Bonchev–Trinajstić information content (AvgIpc) is 3.36. The minimum Gasteiger partial charge on any atom is -0.426 e. The zero-order valence-corrected chi connectivity index (χ0v) is 17.4. The molecule has 2 heterocycles. The van der Waals surface area contributed by atoms with Crippen LogP contribution in [0.5, 0.6) is 5.75 Å². The van der Waals surface area contributed by atoms with Gasteiger partial charge in [-0.3, -0.25) is 9.36 Å². The molecule has 9 heteroatoms. The van der Waals surface area contributed by atoms with Gasteiger partial charge in [0.25, 0.3) is 0 Å². The maximum absolute atomic E-state index is 12.7. The molecule has 4 rings (SSSR count). The smallest absolute Gasteiger partial charge is 0.419 e. The third kappa shape index (κ3) is 4.03. The standard InChI is InChI=1S/C21H22N2O6S/c1-15-4-6-16(7-5-15)28-20(24)10-13-23-18-9-8-17(14-19(18)29-21(23)25)30(26,27)22-11-2-3-12-22/h4-9,14H,2-3,10-13H2,1H3. The molecule has 3 aromatic rings. The van der Waals surface area contributed by atoms with Crippen LogP contribution >= 0.6 is 0 Å². The topological polar surface area (TPSA) is 98.8 Å². The summed E-state index contributed by atoms with van der Waals surface area (Å²) in [4.78, 5) is 24.5. The molecule has 0 N–H and O–H groups in total. The van der Waals surface area contributed by atoms with Gasteiger partial charge in [0, 0.05) is 25.7 Å². The van der Waals surface area contributed by atoms with E-state index >= 15 is 0 Å². The fourth-order valence-electron chi connectivity index (χ4n) is 3.49. The van der Waals surface area contributed by atoms with Gasteiger partial charge in [-0.2, -0.15) is 4.31 Å². The Bertz CT molecular complexity index is 1230. The van der Waals surface area contributed by atoms with Crippen LogP contribution in [0.3, 0.4) is 0 Å². The van der Waals surface area contributed by atoms with Crippen LogP contribution in [0.1, 0.15) is 24.8 Å². The lowest BCUT2D eigenvalue weighted by atomic mass is 10.2. The number of benzene rings is 2. The SMILES string of the molecule is Cc1ccc(OC(=O)CCn2c(=O)oc3cc(S(=O)(=O)N4CCCC4)ccc32)cc1. The normalized spacial score (nSPS) is 15.0. The van der Waals surface area contributed by atoms with Gasteiger partial charge in [-0.1, -0.05) is 17.7 Å².